The number of carboxylic acids is 1. The van der Waals surface area contributed by atoms with Crippen LogP contribution >= 0.6 is 0 Å². The Hall–Kier alpha value is -1.35. The van der Waals surface area contributed by atoms with Gasteiger partial charge >= 0.3 is 12.1 Å². The molecule has 0 aromatic carbocycles. The van der Waals surface area contributed by atoms with Gasteiger partial charge in [0.05, 0.1) is 19.6 Å². The number of halogens is 3. The summed E-state index contributed by atoms with van der Waals surface area (Å²) in [6.07, 6.45) is -4.61. The van der Waals surface area contributed by atoms with E-state index in [2.05, 4.69) is 10.1 Å². The normalized spacial score (nSPS) is 11.3. The van der Waals surface area contributed by atoms with Crippen LogP contribution in [0.3, 0.4) is 0 Å². The van der Waals surface area contributed by atoms with E-state index in [0.29, 0.717) is 0 Å². The van der Waals surface area contributed by atoms with Crippen LogP contribution < -0.4 is 5.32 Å². The largest absolute Gasteiger partial charge is 0.481 e. The zero-order valence-corrected chi connectivity index (χ0v) is 9.46. The van der Waals surface area contributed by atoms with Crippen molar-refractivity contribution in [3.05, 3.63) is 0 Å². The van der Waals surface area contributed by atoms with Crippen molar-refractivity contribution in [1.29, 1.82) is 0 Å². The molecule has 0 rings (SSSR count). The lowest BCUT2D eigenvalue weighted by atomic mass is 10.5. The van der Waals surface area contributed by atoms with Crippen LogP contribution in [-0.2, 0) is 19.1 Å². The summed E-state index contributed by atoms with van der Waals surface area (Å²) in [5, 5.41) is 10.5. The van der Waals surface area contributed by atoms with Crippen LogP contribution in [0.1, 0.15) is 6.42 Å². The highest BCUT2D eigenvalue weighted by atomic mass is 19.4. The Kier molecular flexibility index (Phi) is 8.05. The third kappa shape index (κ3) is 12.7. The fourth-order valence-corrected chi connectivity index (χ4v) is 0.835. The van der Waals surface area contributed by atoms with E-state index in [4.69, 9.17) is 9.84 Å². The minimum Gasteiger partial charge on any atom is -0.481 e. The molecule has 0 aliphatic heterocycles. The number of amides is 1. The molecule has 0 spiro atoms. The molecule has 0 bridgehead atoms. The Balaban J connectivity index is 3.35. The lowest BCUT2D eigenvalue weighted by molar-refractivity contribution is -0.175. The van der Waals surface area contributed by atoms with E-state index in [1.54, 1.807) is 0 Å². The molecule has 0 heterocycles. The van der Waals surface area contributed by atoms with Crippen LogP contribution in [0.15, 0.2) is 0 Å². The van der Waals surface area contributed by atoms with Crippen LogP contribution in [0, 0.1) is 0 Å². The van der Waals surface area contributed by atoms with Gasteiger partial charge in [-0.1, -0.05) is 0 Å². The number of carbonyl (C=O) groups excluding carboxylic acids is 1. The maximum absolute atomic E-state index is 11.6. The van der Waals surface area contributed by atoms with E-state index in [9.17, 15) is 22.8 Å². The molecule has 9 heteroatoms. The average molecular weight is 273 g/mol. The van der Waals surface area contributed by atoms with E-state index < -0.39 is 31.3 Å². The second-order valence-corrected chi connectivity index (χ2v) is 3.21. The molecular formula is C9H14F3NO5. The summed E-state index contributed by atoms with van der Waals surface area (Å²) < 4.78 is 43.9. The number of hydrogen-bond donors (Lipinski definition) is 2. The maximum Gasteiger partial charge on any atom is 0.411 e. The van der Waals surface area contributed by atoms with Gasteiger partial charge in [0.1, 0.15) is 13.2 Å². The molecule has 0 saturated carbocycles. The number of alkyl halides is 3. The Bertz CT molecular complexity index is 269. The lowest BCUT2D eigenvalue weighted by Crippen LogP contribution is -2.32. The Labute approximate surface area is 101 Å². The van der Waals surface area contributed by atoms with E-state index in [1.807, 2.05) is 0 Å². The van der Waals surface area contributed by atoms with Crippen LogP contribution in [0.2, 0.25) is 0 Å². The lowest BCUT2D eigenvalue weighted by Gasteiger charge is -2.08. The summed E-state index contributed by atoms with van der Waals surface area (Å²) in [5.41, 5.74) is 0. The van der Waals surface area contributed by atoms with E-state index in [-0.39, 0.29) is 26.2 Å². The van der Waals surface area contributed by atoms with Gasteiger partial charge < -0.3 is 19.9 Å². The first-order valence-electron chi connectivity index (χ1n) is 5.02. The van der Waals surface area contributed by atoms with E-state index in [1.165, 1.54) is 0 Å². The van der Waals surface area contributed by atoms with Crippen molar-refractivity contribution in [2.24, 2.45) is 0 Å². The Morgan fingerprint density at radius 3 is 2.39 bits per heavy atom. The highest BCUT2D eigenvalue weighted by Crippen LogP contribution is 2.13. The monoisotopic (exact) mass is 273 g/mol. The molecule has 0 unspecified atom stereocenters. The molecule has 0 aliphatic carbocycles. The first kappa shape index (κ1) is 16.6. The van der Waals surface area contributed by atoms with Gasteiger partial charge in [0.15, 0.2) is 0 Å². The minimum atomic E-state index is -4.46. The number of hydrogen-bond acceptors (Lipinski definition) is 4. The highest BCUT2D eigenvalue weighted by Gasteiger charge is 2.27. The molecule has 0 saturated heterocycles. The van der Waals surface area contributed by atoms with Crippen molar-refractivity contribution in [3.63, 3.8) is 0 Å². The van der Waals surface area contributed by atoms with Crippen molar-refractivity contribution in [3.8, 4) is 0 Å². The second kappa shape index (κ2) is 8.70. The first-order valence-corrected chi connectivity index (χ1v) is 5.02. The smallest absolute Gasteiger partial charge is 0.411 e. The zero-order chi connectivity index (χ0) is 14.0. The molecule has 2 N–H and O–H groups in total. The Morgan fingerprint density at radius 2 is 1.83 bits per heavy atom. The van der Waals surface area contributed by atoms with Crippen LogP contribution in [0.5, 0.6) is 0 Å². The van der Waals surface area contributed by atoms with Crippen molar-refractivity contribution < 1.29 is 37.3 Å². The SMILES string of the molecule is O=C(O)CCOCCNC(=O)COCC(F)(F)F. The van der Waals surface area contributed by atoms with Crippen molar-refractivity contribution in [1.82, 2.24) is 5.32 Å². The number of ether oxygens (including phenoxy) is 2. The molecule has 106 valence electrons. The number of carboxylic acid groups (broad SMARTS) is 1. The number of rotatable bonds is 9. The van der Waals surface area contributed by atoms with Gasteiger partial charge in [0.25, 0.3) is 0 Å². The summed E-state index contributed by atoms with van der Waals surface area (Å²) in [5.74, 6) is -1.69. The van der Waals surface area contributed by atoms with Crippen LogP contribution in [0.4, 0.5) is 13.2 Å². The molecule has 0 aliphatic rings. The number of aliphatic carboxylic acids is 1. The van der Waals surface area contributed by atoms with Gasteiger partial charge in [-0.05, 0) is 0 Å². The Morgan fingerprint density at radius 1 is 1.17 bits per heavy atom. The zero-order valence-electron chi connectivity index (χ0n) is 9.46. The molecule has 0 aromatic heterocycles. The van der Waals surface area contributed by atoms with Crippen LogP contribution in [0.25, 0.3) is 0 Å². The summed E-state index contributed by atoms with van der Waals surface area (Å²) in [7, 11) is 0. The van der Waals surface area contributed by atoms with E-state index >= 15 is 0 Å². The molecule has 0 atom stereocenters. The molecule has 1 amide bonds. The fraction of sp³-hybridized carbons (Fsp3) is 0.778. The minimum absolute atomic E-state index is 0.00970. The van der Waals surface area contributed by atoms with E-state index in [0.717, 1.165) is 0 Å². The van der Waals surface area contributed by atoms with Gasteiger partial charge in [0, 0.05) is 6.54 Å². The number of carbonyl (C=O) groups is 2. The average Bonchev–Trinajstić information content (AvgIpc) is 2.20. The van der Waals surface area contributed by atoms with Gasteiger partial charge in [-0.15, -0.1) is 0 Å². The van der Waals surface area contributed by atoms with Crippen LogP contribution in [-0.4, -0.2) is 56.1 Å². The highest BCUT2D eigenvalue weighted by molar-refractivity contribution is 5.77. The van der Waals surface area contributed by atoms with Crippen molar-refractivity contribution in [2.75, 3.05) is 33.0 Å². The summed E-state index contributed by atoms with van der Waals surface area (Å²) >= 11 is 0. The predicted octanol–water partition coefficient (Wildman–Crippen LogP) is 0.173. The second-order valence-electron chi connectivity index (χ2n) is 3.21. The molecular weight excluding hydrogens is 259 g/mol. The summed E-state index contributed by atoms with van der Waals surface area (Å²) in [6.45, 7) is -1.99. The fourth-order valence-electron chi connectivity index (χ4n) is 0.835. The maximum atomic E-state index is 11.6. The summed E-state index contributed by atoms with van der Waals surface area (Å²) in [4.78, 5) is 21.0. The predicted molar refractivity (Wildman–Crippen MR) is 53.0 cm³/mol. The van der Waals surface area contributed by atoms with Gasteiger partial charge in [0.2, 0.25) is 5.91 Å². The van der Waals surface area contributed by atoms with Gasteiger partial charge in [-0.25, -0.2) is 0 Å². The van der Waals surface area contributed by atoms with Gasteiger partial charge in [-0.3, -0.25) is 9.59 Å². The van der Waals surface area contributed by atoms with Crippen molar-refractivity contribution >= 4 is 11.9 Å². The quantitative estimate of drug-likeness (QED) is 0.585. The topological polar surface area (TPSA) is 84.9 Å². The third-order valence-corrected chi connectivity index (χ3v) is 1.53. The standard InChI is InChI=1S/C9H14F3NO5/c10-9(11,12)6-18-5-7(14)13-2-4-17-3-1-8(15)16/h1-6H2,(H,13,14)(H,15,16). The molecule has 0 fully saturated rings. The molecule has 6 nitrogen and oxygen atoms in total. The van der Waals surface area contributed by atoms with Crippen molar-refractivity contribution in [2.45, 2.75) is 12.6 Å². The number of nitrogens with one attached hydrogen (secondary N) is 1. The third-order valence-electron chi connectivity index (χ3n) is 1.53. The summed E-state index contributed by atoms with van der Waals surface area (Å²) in [6, 6.07) is 0. The van der Waals surface area contributed by atoms with Gasteiger partial charge in [-0.2, -0.15) is 13.2 Å². The molecule has 18 heavy (non-hydrogen) atoms. The first-order chi connectivity index (χ1) is 8.31. The molecule has 0 aromatic rings. The molecule has 0 radical (unpaired) electrons.